The van der Waals surface area contributed by atoms with E-state index in [-0.39, 0.29) is 6.54 Å². The van der Waals surface area contributed by atoms with Gasteiger partial charge in [-0.1, -0.05) is 0 Å². The van der Waals surface area contributed by atoms with Crippen LogP contribution in [0, 0.1) is 11.6 Å². The first kappa shape index (κ1) is 17.0. The summed E-state index contributed by atoms with van der Waals surface area (Å²) in [6.45, 7) is 0.152. The number of sulfonamides is 1. The molecule has 0 aliphatic heterocycles. The Morgan fingerprint density at radius 2 is 2.00 bits per heavy atom. The van der Waals surface area contributed by atoms with E-state index in [9.17, 15) is 17.2 Å². The SMILES string of the molecule is COCCCN(C)S(=O)(=O)c1ccc(F)c(CN)c1F. The standard InChI is InChI=1S/C12H18F2N2O3S/c1-16(6-3-7-19-2)20(17,18)11-5-4-10(13)9(8-15)12(11)14/h4-5H,3,6-8,15H2,1-2H3. The van der Waals surface area contributed by atoms with Crippen molar-refractivity contribution in [3.05, 3.63) is 29.3 Å². The van der Waals surface area contributed by atoms with Crippen LogP contribution in [0.3, 0.4) is 0 Å². The Labute approximate surface area is 117 Å². The van der Waals surface area contributed by atoms with Crippen LogP contribution in [0.1, 0.15) is 12.0 Å². The van der Waals surface area contributed by atoms with Gasteiger partial charge in [0.15, 0.2) is 5.82 Å². The number of nitrogens with two attached hydrogens (primary N) is 1. The fourth-order valence-corrected chi connectivity index (χ4v) is 2.98. The van der Waals surface area contributed by atoms with Crippen LogP contribution >= 0.6 is 0 Å². The quantitative estimate of drug-likeness (QED) is 0.765. The first-order chi connectivity index (χ1) is 9.36. The number of benzene rings is 1. The molecular formula is C12H18F2N2O3S. The molecule has 0 aliphatic carbocycles. The van der Waals surface area contributed by atoms with Gasteiger partial charge in [0.25, 0.3) is 0 Å². The monoisotopic (exact) mass is 308 g/mol. The summed E-state index contributed by atoms with van der Waals surface area (Å²) in [5.74, 6) is -1.99. The van der Waals surface area contributed by atoms with Gasteiger partial charge in [0, 0.05) is 39.4 Å². The molecule has 0 fully saturated rings. The molecule has 114 valence electrons. The average Bonchev–Trinajstić information content (AvgIpc) is 2.39. The fourth-order valence-electron chi connectivity index (χ4n) is 1.68. The summed E-state index contributed by atoms with van der Waals surface area (Å²) in [6, 6.07) is 1.81. The van der Waals surface area contributed by atoms with E-state index in [1.54, 1.807) is 0 Å². The molecule has 0 radical (unpaired) electrons. The van der Waals surface area contributed by atoms with Crippen molar-refractivity contribution in [2.45, 2.75) is 17.9 Å². The average molecular weight is 308 g/mol. The zero-order chi connectivity index (χ0) is 15.3. The summed E-state index contributed by atoms with van der Waals surface area (Å²) in [6.07, 6.45) is 0.471. The molecular weight excluding hydrogens is 290 g/mol. The highest BCUT2D eigenvalue weighted by Gasteiger charge is 2.26. The highest BCUT2D eigenvalue weighted by atomic mass is 32.2. The number of hydrogen-bond donors (Lipinski definition) is 1. The molecule has 8 heteroatoms. The summed E-state index contributed by atoms with van der Waals surface area (Å²) in [4.78, 5) is -0.570. The molecule has 5 nitrogen and oxygen atoms in total. The van der Waals surface area contributed by atoms with Crippen molar-refractivity contribution in [1.29, 1.82) is 0 Å². The van der Waals surface area contributed by atoms with Crippen molar-refractivity contribution in [2.75, 3.05) is 27.3 Å². The number of ether oxygens (including phenoxy) is 1. The number of halogens is 2. The highest BCUT2D eigenvalue weighted by molar-refractivity contribution is 7.89. The van der Waals surface area contributed by atoms with E-state index in [1.807, 2.05) is 0 Å². The lowest BCUT2D eigenvalue weighted by atomic mass is 10.2. The summed E-state index contributed by atoms with van der Waals surface area (Å²) in [7, 11) is -1.19. The first-order valence-electron chi connectivity index (χ1n) is 5.98. The van der Waals surface area contributed by atoms with Crippen LogP contribution in [-0.4, -0.2) is 40.0 Å². The zero-order valence-electron chi connectivity index (χ0n) is 11.4. The predicted molar refractivity (Wildman–Crippen MR) is 70.6 cm³/mol. The zero-order valence-corrected chi connectivity index (χ0v) is 12.2. The molecule has 0 saturated carbocycles. The fraction of sp³-hybridized carbons (Fsp3) is 0.500. The van der Waals surface area contributed by atoms with Gasteiger partial charge >= 0.3 is 0 Å². The number of methoxy groups -OCH3 is 1. The van der Waals surface area contributed by atoms with Crippen LogP contribution < -0.4 is 5.73 Å². The number of nitrogens with zero attached hydrogens (tertiary/aromatic N) is 1. The molecule has 0 atom stereocenters. The van der Waals surface area contributed by atoms with E-state index in [2.05, 4.69) is 0 Å². The number of rotatable bonds is 7. The molecule has 0 spiro atoms. The molecule has 0 aliphatic rings. The molecule has 0 bridgehead atoms. The Balaban J connectivity index is 3.10. The molecule has 1 aromatic carbocycles. The van der Waals surface area contributed by atoms with Crippen LogP contribution in [-0.2, 0) is 21.3 Å². The van der Waals surface area contributed by atoms with Crippen molar-refractivity contribution in [3.8, 4) is 0 Å². The second kappa shape index (κ2) is 7.07. The van der Waals surface area contributed by atoms with Gasteiger partial charge in [-0.05, 0) is 18.6 Å². The van der Waals surface area contributed by atoms with Crippen LogP contribution in [0.25, 0.3) is 0 Å². The molecule has 2 N–H and O–H groups in total. The third-order valence-electron chi connectivity index (χ3n) is 2.86. The van der Waals surface area contributed by atoms with E-state index in [1.165, 1.54) is 14.2 Å². The van der Waals surface area contributed by atoms with Gasteiger partial charge in [0.2, 0.25) is 10.0 Å². The minimum absolute atomic E-state index is 0.172. The lowest BCUT2D eigenvalue weighted by Gasteiger charge is -2.18. The van der Waals surface area contributed by atoms with Crippen LogP contribution in [0.15, 0.2) is 17.0 Å². The lowest BCUT2D eigenvalue weighted by Crippen LogP contribution is -2.29. The maximum Gasteiger partial charge on any atom is 0.245 e. The van der Waals surface area contributed by atoms with Crippen molar-refractivity contribution in [3.63, 3.8) is 0 Å². The van der Waals surface area contributed by atoms with Crippen molar-refractivity contribution < 1.29 is 21.9 Å². The normalized spacial score (nSPS) is 12.1. The molecule has 0 heterocycles. The molecule has 0 saturated heterocycles. The van der Waals surface area contributed by atoms with E-state index in [0.717, 1.165) is 16.4 Å². The molecule has 20 heavy (non-hydrogen) atoms. The molecule has 0 amide bonds. The minimum atomic E-state index is -4.02. The minimum Gasteiger partial charge on any atom is -0.385 e. The summed E-state index contributed by atoms with van der Waals surface area (Å²) < 4.78 is 57.6. The molecule has 1 aromatic rings. The largest absolute Gasteiger partial charge is 0.385 e. The van der Waals surface area contributed by atoms with Gasteiger partial charge in [-0.3, -0.25) is 0 Å². The number of hydrogen-bond acceptors (Lipinski definition) is 4. The third-order valence-corrected chi connectivity index (χ3v) is 4.74. The van der Waals surface area contributed by atoms with Gasteiger partial charge in [0.1, 0.15) is 10.7 Å². The van der Waals surface area contributed by atoms with Gasteiger partial charge in [-0.15, -0.1) is 0 Å². The molecule has 0 aromatic heterocycles. The second-order valence-electron chi connectivity index (χ2n) is 4.22. The lowest BCUT2D eigenvalue weighted by molar-refractivity contribution is 0.189. The Bertz CT molecular complexity index is 564. The Kier molecular flexibility index (Phi) is 6.00. The van der Waals surface area contributed by atoms with E-state index < -0.39 is 38.7 Å². The van der Waals surface area contributed by atoms with E-state index in [4.69, 9.17) is 10.5 Å². The van der Waals surface area contributed by atoms with Crippen molar-refractivity contribution in [1.82, 2.24) is 4.31 Å². The summed E-state index contributed by atoms with van der Waals surface area (Å²) >= 11 is 0. The highest BCUT2D eigenvalue weighted by Crippen LogP contribution is 2.23. The maximum absolute atomic E-state index is 14.0. The van der Waals surface area contributed by atoms with Gasteiger partial charge < -0.3 is 10.5 Å². The van der Waals surface area contributed by atoms with E-state index >= 15 is 0 Å². The van der Waals surface area contributed by atoms with Crippen LogP contribution in [0.2, 0.25) is 0 Å². The smallest absolute Gasteiger partial charge is 0.245 e. The summed E-state index contributed by atoms with van der Waals surface area (Å²) in [5, 5.41) is 0. The second-order valence-corrected chi connectivity index (χ2v) is 6.23. The van der Waals surface area contributed by atoms with Crippen molar-refractivity contribution >= 4 is 10.0 Å². The van der Waals surface area contributed by atoms with Crippen molar-refractivity contribution in [2.24, 2.45) is 5.73 Å². The van der Waals surface area contributed by atoms with E-state index in [0.29, 0.717) is 13.0 Å². The van der Waals surface area contributed by atoms with Gasteiger partial charge in [-0.2, -0.15) is 0 Å². The maximum atomic E-state index is 14.0. The molecule has 1 rings (SSSR count). The summed E-state index contributed by atoms with van der Waals surface area (Å²) in [5.41, 5.74) is 4.80. The van der Waals surface area contributed by atoms with Crippen LogP contribution in [0.4, 0.5) is 8.78 Å². The van der Waals surface area contributed by atoms with Gasteiger partial charge in [0.05, 0.1) is 0 Å². The Hall–Kier alpha value is -1.09. The predicted octanol–water partition coefficient (Wildman–Crippen LogP) is 1.08. The first-order valence-corrected chi connectivity index (χ1v) is 7.42. The topological polar surface area (TPSA) is 72.6 Å². The third kappa shape index (κ3) is 3.51. The Morgan fingerprint density at radius 1 is 1.35 bits per heavy atom. The Morgan fingerprint density at radius 3 is 2.55 bits per heavy atom. The van der Waals surface area contributed by atoms with Gasteiger partial charge in [-0.25, -0.2) is 21.5 Å². The van der Waals surface area contributed by atoms with Crippen LogP contribution in [0.5, 0.6) is 0 Å². The molecule has 0 unspecified atom stereocenters.